The smallest absolute Gasteiger partial charge is 0.0297 e. The second-order valence-corrected chi connectivity index (χ2v) is 9.30. The van der Waals surface area contributed by atoms with Crippen LogP contribution < -0.4 is 0 Å². The highest BCUT2D eigenvalue weighted by atomic mass is 16.0. The molecule has 6 N–H and O–H groups in total. The van der Waals surface area contributed by atoms with Crippen molar-refractivity contribution in [2.24, 2.45) is 35.0 Å². The summed E-state index contributed by atoms with van der Waals surface area (Å²) in [6.07, 6.45) is 18.5. The fourth-order valence-electron chi connectivity index (χ4n) is 6.09. The Morgan fingerprint density at radius 2 is 1.25 bits per heavy atom. The van der Waals surface area contributed by atoms with Gasteiger partial charge in [0.15, 0.2) is 0 Å². The van der Waals surface area contributed by atoms with Crippen molar-refractivity contribution in [3.05, 3.63) is 0 Å². The molecule has 1 spiro atoms. The highest BCUT2D eigenvalue weighted by Gasteiger charge is 2.39. The molecule has 0 aromatic carbocycles. The first-order valence-electron chi connectivity index (χ1n) is 10.1. The standard InChI is InChI=1S/C21H38.3H2O/c1-16-9-13-21(14-10-16)12-5-7-19(11-15-21)20-8-4-6-17(2)18(20)3;;;/h16-20H,4-15H2,1-3H3;3*1H2. The number of hydrogen-bond donors (Lipinski definition) is 0. The third-order valence-corrected chi connectivity index (χ3v) is 8.04. The Kier molecular flexibility index (Phi) is 10.1. The highest BCUT2D eigenvalue weighted by molar-refractivity contribution is 4.90. The topological polar surface area (TPSA) is 94.5 Å². The van der Waals surface area contributed by atoms with Crippen LogP contribution in [-0.2, 0) is 0 Å². The quantitative estimate of drug-likeness (QED) is 0.675. The van der Waals surface area contributed by atoms with Crippen molar-refractivity contribution >= 4 is 0 Å². The van der Waals surface area contributed by atoms with Crippen molar-refractivity contribution in [2.45, 2.75) is 97.8 Å². The van der Waals surface area contributed by atoms with E-state index in [1.807, 2.05) is 0 Å². The molecule has 0 amide bonds. The van der Waals surface area contributed by atoms with E-state index >= 15 is 0 Å². The van der Waals surface area contributed by atoms with E-state index < -0.39 is 0 Å². The van der Waals surface area contributed by atoms with Crippen LogP contribution in [0.15, 0.2) is 0 Å². The molecule has 0 aromatic heterocycles. The number of rotatable bonds is 1. The molecule has 0 aliphatic heterocycles. The minimum Gasteiger partial charge on any atom is -0.412 e. The summed E-state index contributed by atoms with van der Waals surface area (Å²) in [4.78, 5) is 0. The second-order valence-electron chi connectivity index (χ2n) is 9.30. The minimum atomic E-state index is 0. The predicted octanol–water partition coefficient (Wildman–Crippen LogP) is 4.36. The second kappa shape index (κ2) is 10.1. The Morgan fingerprint density at radius 1 is 0.625 bits per heavy atom. The lowest BCUT2D eigenvalue weighted by Gasteiger charge is -2.41. The first-order chi connectivity index (χ1) is 10.1. The molecular formula is C21H44O3. The van der Waals surface area contributed by atoms with Gasteiger partial charge in [0.2, 0.25) is 0 Å². The third kappa shape index (κ3) is 5.19. The molecule has 24 heavy (non-hydrogen) atoms. The maximum absolute atomic E-state index is 2.57. The Bertz CT molecular complexity index is 336. The summed E-state index contributed by atoms with van der Waals surface area (Å²) < 4.78 is 0. The summed E-state index contributed by atoms with van der Waals surface area (Å²) >= 11 is 0. The van der Waals surface area contributed by atoms with Gasteiger partial charge in [0, 0.05) is 0 Å². The maximum Gasteiger partial charge on any atom is -0.0297 e. The van der Waals surface area contributed by atoms with Gasteiger partial charge in [-0.25, -0.2) is 0 Å². The van der Waals surface area contributed by atoms with Gasteiger partial charge in [0.25, 0.3) is 0 Å². The van der Waals surface area contributed by atoms with Crippen molar-refractivity contribution < 1.29 is 16.4 Å². The van der Waals surface area contributed by atoms with Gasteiger partial charge >= 0.3 is 0 Å². The summed E-state index contributed by atoms with van der Waals surface area (Å²) in [6.45, 7) is 7.55. The molecule has 3 aliphatic carbocycles. The van der Waals surface area contributed by atoms with Crippen molar-refractivity contribution in [3.63, 3.8) is 0 Å². The van der Waals surface area contributed by atoms with Crippen molar-refractivity contribution in [2.75, 3.05) is 0 Å². The summed E-state index contributed by atoms with van der Waals surface area (Å²) in [6, 6.07) is 0. The van der Waals surface area contributed by atoms with Crippen molar-refractivity contribution in [3.8, 4) is 0 Å². The molecular weight excluding hydrogens is 300 g/mol. The molecule has 3 aliphatic rings. The van der Waals surface area contributed by atoms with E-state index in [2.05, 4.69) is 20.8 Å². The lowest BCUT2D eigenvalue weighted by atomic mass is 9.65. The summed E-state index contributed by atoms with van der Waals surface area (Å²) in [5.41, 5.74) is 0.783. The largest absolute Gasteiger partial charge is 0.412 e. The molecule has 3 fully saturated rings. The molecule has 0 radical (unpaired) electrons. The first-order valence-corrected chi connectivity index (χ1v) is 10.1. The first kappa shape index (κ1) is 23.9. The molecule has 4 atom stereocenters. The Balaban J connectivity index is 0.00000176. The monoisotopic (exact) mass is 344 g/mol. The average molecular weight is 345 g/mol. The van der Waals surface area contributed by atoms with Gasteiger partial charge in [-0.15, -0.1) is 0 Å². The Morgan fingerprint density at radius 3 is 1.92 bits per heavy atom. The number of hydrogen-bond acceptors (Lipinski definition) is 0. The average Bonchev–Trinajstić information content (AvgIpc) is 2.69. The molecule has 0 aromatic rings. The van der Waals surface area contributed by atoms with Crippen LogP contribution in [0.2, 0.25) is 0 Å². The van der Waals surface area contributed by atoms with E-state index in [0.717, 1.165) is 35.0 Å². The fraction of sp³-hybridized carbons (Fsp3) is 1.00. The normalized spacial score (nSPS) is 42.9. The van der Waals surface area contributed by atoms with Crippen LogP contribution in [0.1, 0.15) is 97.8 Å². The van der Waals surface area contributed by atoms with Crippen LogP contribution in [-0.4, -0.2) is 16.4 Å². The molecule has 3 nitrogen and oxygen atoms in total. The van der Waals surface area contributed by atoms with Crippen LogP contribution in [0.25, 0.3) is 0 Å². The van der Waals surface area contributed by atoms with Gasteiger partial charge in [-0.2, -0.15) is 0 Å². The van der Waals surface area contributed by atoms with Gasteiger partial charge < -0.3 is 16.4 Å². The zero-order valence-electron chi connectivity index (χ0n) is 16.4. The third-order valence-electron chi connectivity index (χ3n) is 8.04. The molecule has 4 unspecified atom stereocenters. The van der Waals surface area contributed by atoms with E-state index in [0.29, 0.717) is 0 Å². The van der Waals surface area contributed by atoms with E-state index in [1.54, 1.807) is 44.9 Å². The van der Waals surface area contributed by atoms with Gasteiger partial charge in [-0.1, -0.05) is 59.3 Å². The van der Waals surface area contributed by atoms with Crippen molar-refractivity contribution in [1.82, 2.24) is 0 Å². The summed E-state index contributed by atoms with van der Waals surface area (Å²) in [5.74, 6) is 5.11. The van der Waals surface area contributed by atoms with E-state index in [-0.39, 0.29) is 16.4 Å². The summed E-state index contributed by atoms with van der Waals surface area (Å²) in [7, 11) is 0. The SMILES string of the molecule is CC1CCC2(CCCC(C3CCCC(C)C3C)CC2)CC1.O.O.O. The van der Waals surface area contributed by atoms with Crippen LogP contribution in [0.3, 0.4) is 0 Å². The predicted molar refractivity (Wildman–Crippen MR) is 103 cm³/mol. The molecule has 146 valence electrons. The van der Waals surface area contributed by atoms with Gasteiger partial charge in [0.1, 0.15) is 0 Å². The molecule has 0 heterocycles. The van der Waals surface area contributed by atoms with Gasteiger partial charge in [-0.05, 0) is 73.5 Å². The van der Waals surface area contributed by atoms with Crippen molar-refractivity contribution in [1.29, 1.82) is 0 Å². The Hall–Kier alpha value is -0.120. The van der Waals surface area contributed by atoms with Gasteiger partial charge in [0.05, 0.1) is 0 Å². The molecule has 0 bridgehead atoms. The van der Waals surface area contributed by atoms with Gasteiger partial charge in [-0.3, -0.25) is 0 Å². The zero-order chi connectivity index (χ0) is 14.9. The van der Waals surface area contributed by atoms with Crippen LogP contribution in [0.5, 0.6) is 0 Å². The lowest BCUT2D eigenvalue weighted by molar-refractivity contribution is 0.101. The molecule has 0 saturated heterocycles. The van der Waals surface area contributed by atoms with E-state index in [9.17, 15) is 0 Å². The summed E-state index contributed by atoms with van der Waals surface area (Å²) in [5, 5.41) is 0. The zero-order valence-corrected chi connectivity index (χ0v) is 16.4. The van der Waals surface area contributed by atoms with E-state index in [4.69, 9.17) is 0 Å². The Labute approximate surface area is 149 Å². The van der Waals surface area contributed by atoms with E-state index in [1.165, 1.54) is 32.1 Å². The minimum absolute atomic E-state index is 0. The van der Waals surface area contributed by atoms with Crippen LogP contribution in [0, 0.1) is 35.0 Å². The van der Waals surface area contributed by atoms with Crippen LogP contribution >= 0.6 is 0 Å². The van der Waals surface area contributed by atoms with Crippen LogP contribution in [0.4, 0.5) is 0 Å². The lowest BCUT2D eigenvalue weighted by Crippen LogP contribution is -2.30. The maximum atomic E-state index is 2.57. The molecule has 3 rings (SSSR count). The molecule has 3 heteroatoms. The highest BCUT2D eigenvalue weighted by Crippen LogP contribution is 2.51. The molecule has 3 saturated carbocycles. The fourth-order valence-corrected chi connectivity index (χ4v) is 6.09.